The molecule has 4 saturated heterocycles. The van der Waals surface area contributed by atoms with Crippen molar-refractivity contribution in [2.75, 3.05) is 37.6 Å². The van der Waals surface area contributed by atoms with Crippen molar-refractivity contribution in [2.24, 2.45) is 11.3 Å². The molecule has 5 rings (SSSR count). The number of benzene rings is 1. The monoisotopic (exact) mass is 298 g/mol. The number of hydrogen-bond acceptors (Lipinski definition) is 2. The van der Waals surface area contributed by atoms with E-state index in [1.54, 1.807) is 0 Å². The molecule has 0 aliphatic carbocycles. The van der Waals surface area contributed by atoms with Gasteiger partial charge in [0.05, 0.1) is 0 Å². The van der Waals surface area contributed by atoms with Gasteiger partial charge in [-0.15, -0.1) is 0 Å². The Morgan fingerprint density at radius 2 is 1.64 bits per heavy atom. The first kappa shape index (κ1) is 14.6. The summed E-state index contributed by atoms with van der Waals surface area (Å²) in [4.78, 5) is 5.36. The normalized spacial score (nSPS) is 34.6. The van der Waals surface area contributed by atoms with E-state index in [1.807, 2.05) is 0 Å². The fourth-order valence-electron chi connectivity index (χ4n) is 5.03. The van der Waals surface area contributed by atoms with Crippen LogP contribution in [-0.2, 0) is 5.41 Å². The zero-order chi connectivity index (χ0) is 15.4. The van der Waals surface area contributed by atoms with Crippen LogP contribution in [0.4, 0.5) is 5.69 Å². The summed E-state index contributed by atoms with van der Waals surface area (Å²) < 4.78 is 0. The fraction of sp³-hybridized carbons (Fsp3) is 0.700. The molecule has 22 heavy (non-hydrogen) atoms. The second-order valence-corrected chi connectivity index (χ2v) is 8.88. The quantitative estimate of drug-likeness (QED) is 0.775. The standard InChI is InChI=1S/C20H30N2/c1-19(2,3)16-4-6-18(7-5-16)22-13-10-20(15-22)14-21-11-8-17(20)9-12-21/h4-7,17H,8-15H2,1-3H3. The molecule has 4 aliphatic heterocycles. The number of piperidine rings is 3. The van der Waals surface area contributed by atoms with Crippen LogP contribution in [0.5, 0.6) is 0 Å². The van der Waals surface area contributed by atoms with Gasteiger partial charge in [0.15, 0.2) is 0 Å². The maximum absolute atomic E-state index is 2.71. The van der Waals surface area contributed by atoms with Crippen LogP contribution >= 0.6 is 0 Å². The van der Waals surface area contributed by atoms with Crippen LogP contribution in [-0.4, -0.2) is 37.6 Å². The summed E-state index contributed by atoms with van der Waals surface area (Å²) in [5.74, 6) is 0.983. The van der Waals surface area contributed by atoms with Gasteiger partial charge in [0, 0.05) is 30.7 Å². The van der Waals surface area contributed by atoms with Gasteiger partial charge in [0.1, 0.15) is 0 Å². The number of fused-ring (bicyclic) bond motifs is 2. The van der Waals surface area contributed by atoms with Gasteiger partial charge in [-0.1, -0.05) is 32.9 Å². The molecule has 1 aromatic rings. The Labute approximate surface area is 135 Å². The molecule has 2 nitrogen and oxygen atoms in total. The van der Waals surface area contributed by atoms with Crippen LogP contribution in [0.15, 0.2) is 24.3 Å². The van der Waals surface area contributed by atoms with Gasteiger partial charge in [-0.2, -0.15) is 0 Å². The van der Waals surface area contributed by atoms with Gasteiger partial charge in [0.25, 0.3) is 0 Å². The van der Waals surface area contributed by atoms with Gasteiger partial charge in [-0.25, -0.2) is 0 Å². The highest BCUT2D eigenvalue weighted by Crippen LogP contribution is 2.48. The number of rotatable bonds is 1. The van der Waals surface area contributed by atoms with E-state index in [9.17, 15) is 0 Å². The molecule has 0 aromatic heterocycles. The Balaban J connectivity index is 1.51. The summed E-state index contributed by atoms with van der Waals surface area (Å²) in [6.45, 7) is 13.5. The molecule has 4 fully saturated rings. The van der Waals surface area contributed by atoms with Gasteiger partial charge in [-0.05, 0) is 61.4 Å². The van der Waals surface area contributed by atoms with E-state index in [0.29, 0.717) is 5.41 Å². The third-order valence-electron chi connectivity index (χ3n) is 6.48. The molecule has 0 amide bonds. The Hall–Kier alpha value is -1.02. The maximum Gasteiger partial charge on any atom is 0.0366 e. The highest BCUT2D eigenvalue weighted by molar-refractivity contribution is 5.50. The van der Waals surface area contributed by atoms with Crippen molar-refractivity contribution in [3.05, 3.63) is 29.8 Å². The van der Waals surface area contributed by atoms with Gasteiger partial charge < -0.3 is 9.80 Å². The average Bonchev–Trinajstić information content (AvgIpc) is 2.91. The molecule has 0 N–H and O–H groups in total. The Kier molecular flexibility index (Phi) is 3.30. The molecular weight excluding hydrogens is 268 g/mol. The highest BCUT2D eigenvalue weighted by atomic mass is 15.2. The van der Waals surface area contributed by atoms with E-state index in [1.165, 1.54) is 63.2 Å². The second kappa shape index (κ2) is 4.99. The van der Waals surface area contributed by atoms with Crippen LogP contribution in [0.3, 0.4) is 0 Å². The summed E-state index contributed by atoms with van der Waals surface area (Å²) >= 11 is 0. The largest absolute Gasteiger partial charge is 0.371 e. The van der Waals surface area contributed by atoms with Gasteiger partial charge >= 0.3 is 0 Å². The molecule has 2 heteroatoms. The minimum absolute atomic E-state index is 0.251. The Bertz CT molecular complexity index is 534. The van der Waals surface area contributed by atoms with Crippen molar-refractivity contribution in [3.63, 3.8) is 0 Å². The van der Waals surface area contributed by atoms with Crippen molar-refractivity contribution < 1.29 is 0 Å². The van der Waals surface area contributed by atoms with Crippen LogP contribution in [0, 0.1) is 11.3 Å². The van der Waals surface area contributed by atoms with Gasteiger partial charge in [0.2, 0.25) is 0 Å². The SMILES string of the molecule is CC(C)(C)c1ccc(N2CCC3(CN4CCC3CC4)C2)cc1. The first-order chi connectivity index (χ1) is 10.5. The van der Waals surface area contributed by atoms with Crippen LogP contribution in [0.25, 0.3) is 0 Å². The Morgan fingerprint density at radius 1 is 0.955 bits per heavy atom. The topological polar surface area (TPSA) is 6.48 Å². The average molecular weight is 298 g/mol. The zero-order valence-corrected chi connectivity index (χ0v) is 14.4. The molecule has 4 heterocycles. The van der Waals surface area contributed by atoms with Crippen molar-refractivity contribution in [1.29, 1.82) is 0 Å². The third kappa shape index (κ3) is 2.36. The van der Waals surface area contributed by atoms with Crippen molar-refractivity contribution >= 4 is 5.69 Å². The third-order valence-corrected chi connectivity index (χ3v) is 6.48. The number of anilines is 1. The maximum atomic E-state index is 2.71. The van der Waals surface area contributed by atoms with Crippen molar-refractivity contribution in [2.45, 2.75) is 45.4 Å². The zero-order valence-electron chi connectivity index (χ0n) is 14.4. The van der Waals surface area contributed by atoms with Crippen molar-refractivity contribution in [3.8, 4) is 0 Å². The van der Waals surface area contributed by atoms with Crippen LogP contribution < -0.4 is 4.90 Å². The van der Waals surface area contributed by atoms with Crippen LogP contribution in [0.2, 0.25) is 0 Å². The summed E-state index contributed by atoms with van der Waals surface area (Å²) in [6.07, 6.45) is 4.28. The summed E-state index contributed by atoms with van der Waals surface area (Å²) in [6, 6.07) is 9.36. The van der Waals surface area contributed by atoms with E-state index in [0.717, 1.165) is 5.92 Å². The summed E-state index contributed by atoms with van der Waals surface area (Å²) in [7, 11) is 0. The highest BCUT2D eigenvalue weighted by Gasteiger charge is 2.50. The first-order valence-corrected chi connectivity index (χ1v) is 9.04. The molecule has 2 bridgehead atoms. The molecule has 1 spiro atoms. The molecule has 1 unspecified atom stereocenters. The number of hydrogen-bond donors (Lipinski definition) is 0. The minimum Gasteiger partial charge on any atom is -0.371 e. The molecule has 4 aliphatic rings. The number of nitrogens with zero attached hydrogens (tertiary/aromatic N) is 2. The van der Waals surface area contributed by atoms with E-state index < -0.39 is 0 Å². The second-order valence-electron chi connectivity index (χ2n) is 8.88. The van der Waals surface area contributed by atoms with E-state index >= 15 is 0 Å². The first-order valence-electron chi connectivity index (χ1n) is 9.04. The lowest BCUT2D eigenvalue weighted by molar-refractivity contribution is -0.0145. The van der Waals surface area contributed by atoms with Crippen LogP contribution in [0.1, 0.15) is 45.6 Å². The predicted octanol–water partition coefficient (Wildman–Crippen LogP) is 3.91. The molecule has 1 aromatic carbocycles. The van der Waals surface area contributed by atoms with Gasteiger partial charge in [-0.3, -0.25) is 0 Å². The Morgan fingerprint density at radius 3 is 2.18 bits per heavy atom. The molecular formula is C20H30N2. The van der Waals surface area contributed by atoms with E-state index in [4.69, 9.17) is 0 Å². The lowest BCUT2D eigenvalue weighted by atomic mass is 9.66. The molecule has 1 atom stereocenters. The predicted molar refractivity (Wildman–Crippen MR) is 93.6 cm³/mol. The van der Waals surface area contributed by atoms with Crippen molar-refractivity contribution in [1.82, 2.24) is 4.90 Å². The minimum atomic E-state index is 0.251. The fourth-order valence-corrected chi connectivity index (χ4v) is 5.03. The molecule has 120 valence electrons. The lowest BCUT2D eigenvalue weighted by Crippen LogP contribution is -2.55. The summed E-state index contributed by atoms with van der Waals surface area (Å²) in [5.41, 5.74) is 3.72. The molecule has 0 radical (unpaired) electrons. The summed E-state index contributed by atoms with van der Waals surface area (Å²) in [5, 5.41) is 0. The van der Waals surface area contributed by atoms with E-state index in [-0.39, 0.29) is 5.41 Å². The molecule has 0 saturated carbocycles. The smallest absolute Gasteiger partial charge is 0.0366 e. The lowest BCUT2D eigenvalue weighted by Gasteiger charge is -2.51. The van der Waals surface area contributed by atoms with E-state index in [2.05, 4.69) is 54.8 Å².